The lowest BCUT2D eigenvalue weighted by molar-refractivity contribution is 0.0792. The summed E-state index contributed by atoms with van der Waals surface area (Å²) in [5, 5.41) is 3.90. The Morgan fingerprint density at radius 1 is 1.77 bits per heavy atom. The fourth-order valence-corrected chi connectivity index (χ4v) is 1.04. The molecule has 0 unspecified atom stereocenters. The number of aryl methyl sites for hydroxylation is 1. The van der Waals surface area contributed by atoms with E-state index in [0.717, 1.165) is 0 Å². The van der Waals surface area contributed by atoms with Gasteiger partial charge in [0.1, 0.15) is 5.69 Å². The molecule has 0 spiro atoms. The smallest absolute Gasteiger partial charge is 0.273 e. The Balaban J connectivity index is 3.01. The van der Waals surface area contributed by atoms with Crippen LogP contribution in [-0.4, -0.2) is 34.2 Å². The Morgan fingerprint density at radius 3 is 2.77 bits per heavy atom. The standard InChI is InChI=1S/C8H14N4O/c1-4-11(2)8(13)7-6(9)5-10-12(7)3/h5H,4,9H2,1-3H3. The first-order valence-electron chi connectivity index (χ1n) is 4.10. The van der Waals surface area contributed by atoms with Crippen molar-refractivity contribution >= 4 is 11.6 Å². The molecule has 0 saturated carbocycles. The molecule has 2 N–H and O–H groups in total. The van der Waals surface area contributed by atoms with Crippen LogP contribution in [0.4, 0.5) is 5.69 Å². The molecule has 0 saturated heterocycles. The lowest BCUT2D eigenvalue weighted by Crippen LogP contribution is -2.28. The van der Waals surface area contributed by atoms with Gasteiger partial charge in [-0.3, -0.25) is 9.48 Å². The molecule has 0 aliphatic carbocycles. The van der Waals surface area contributed by atoms with E-state index in [1.54, 1.807) is 19.0 Å². The van der Waals surface area contributed by atoms with Crippen molar-refractivity contribution in [2.75, 3.05) is 19.3 Å². The van der Waals surface area contributed by atoms with E-state index in [4.69, 9.17) is 5.73 Å². The average Bonchev–Trinajstić information content (AvgIpc) is 2.44. The molecule has 0 aliphatic rings. The third-order valence-electron chi connectivity index (χ3n) is 1.99. The Labute approximate surface area is 77.1 Å². The number of amides is 1. The quantitative estimate of drug-likeness (QED) is 0.705. The Hall–Kier alpha value is -1.52. The molecule has 1 rings (SSSR count). The molecule has 0 atom stereocenters. The summed E-state index contributed by atoms with van der Waals surface area (Å²) < 4.78 is 1.49. The fourth-order valence-electron chi connectivity index (χ4n) is 1.04. The number of carbonyl (C=O) groups is 1. The van der Waals surface area contributed by atoms with Crippen LogP contribution in [0, 0.1) is 0 Å². The first kappa shape index (κ1) is 9.57. The van der Waals surface area contributed by atoms with E-state index in [1.807, 2.05) is 6.92 Å². The van der Waals surface area contributed by atoms with E-state index in [0.29, 0.717) is 17.9 Å². The Kier molecular flexibility index (Phi) is 2.55. The van der Waals surface area contributed by atoms with Gasteiger partial charge < -0.3 is 10.6 Å². The lowest BCUT2D eigenvalue weighted by atomic mass is 10.3. The average molecular weight is 182 g/mol. The van der Waals surface area contributed by atoms with Crippen LogP contribution in [0.2, 0.25) is 0 Å². The molecule has 1 heterocycles. The van der Waals surface area contributed by atoms with Gasteiger partial charge >= 0.3 is 0 Å². The number of nitrogens with two attached hydrogens (primary N) is 1. The van der Waals surface area contributed by atoms with Gasteiger partial charge in [-0.15, -0.1) is 0 Å². The monoisotopic (exact) mass is 182 g/mol. The van der Waals surface area contributed by atoms with Gasteiger partial charge in [0, 0.05) is 20.6 Å². The summed E-state index contributed by atoms with van der Waals surface area (Å²) in [5.41, 5.74) is 6.48. The van der Waals surface area contributed by atoms with Gasteiger partial charge in [-0.2, -0.15) is 5.10 Å². The SMILES string of the molecule is CCN(C)C(=O)c1c(N)cnn1C. The third-order valence-corrected chi connectivity index (χ3v) is 1.99. The molecular weight excluding hydrogens is 168 g/mol. The predicted octanol–water partition coefficient (Wildman–Crippen LogP) is 0.0942. The Bertz CT molecular complexity index is 298. The summed E-state index contributed by atoms with van der Waals surface area (Å²) in [4.78, 5) is 13.3. The normalized spacial score (nSPS) is 10.1. The molecule has 1 aromatic rings. The number of carbonyl (C=O) groups excluding carboxylic acids is 1. The van der Waals surface area contributed by atoms with Crippen LogP contribution in [0.3, 0.4) is 0 Å². The highest BCUT2D eigenvalue weighted by Crippen LogP contribution is 2.11. The van der Waals surface area contributed by atoms with E-state index in [-0.39, 0.29) is 5.91 Å². The maximum Gasteiger partial charge on any atom is 0.273 e. The van der Waals surface area contributed by atoms with Crippen LogP contribution in [0.5, 0.6) is 0 Å². The maximum atomic E-state index is 11.7. The highest BCUT2D eigenvalue weighted by Gasteiger charge is 2.17. The van der Waals surface area contributed by atoms with Crippen molar-refractivity contribution in [3.63, 3.8) is 0 Å². The predicted molar refractivity (Wildman–Crippen MR) is 50.3 cm³/mol. The zero-order chi connectivity index (χ0) is 10.0. The summed E-state index contributed by atoms with van der Waals surface area (Å²) in [5.74, 6) is -0.0972. The highest BCUT2D eigenvalue weighted by atomic mass is 16.2. The second kappa shape index (κ2) is 3.47. The van der Waals surface area contributed by atoms with Gasteiger partial charge in [-0.1, -0.05) is 0 Å². The van der Waals surface area contributed by atoms with E-state index < -0.39 is 0 Å². The molecule has 0 aromatic carbocycles. The minimum atomic E-state index is -0.0972. The van der Waals surface area contributed by atoms with Crippen molar-refractivity contribution in [3.05, 3.63) is 11.9 Å². The van der Waals surface area contributed by atoms with Gasteiger partial charge in [0.2, 0.25) is 0 Å². The number of anilines is 1. The number of nitrogen functional groups attached to an aromatic ring is 1. The zero-order valence-corrected chi connectivity index (χ0v) is 8.11. The molecule has 0 aliphatic heterocycles. The first-order valence-corrected chi connectivity index (χ1v) is 4.10. The summed E-state index contributed by atoms with van der Waals surface area (Å²) in [6.07, 6.45) is 1.48. The van der Waals surface area contributed by atoms with Crippen LogP contribution in [0.15, 0.2) is 6.20 Å². The largest absolute Gasteiger partial charge is 0.396 e. The van der Waals surface area contributed by atoms with Gasteiger partial charge in [-0.05, 0) is 6.92 Å². The van der Waals surface area contributed by atoms with Crippen molar-refractivity contribution in [3.8, 4) is 0 Å². The summed E-state index contributed by atoms with van der Waals surface area (Å²) in [6, 6.07) is 0. The maximum absolute atomic E-state index is 11.7. The van der Waals surface area contributed by atoms with Gasteiger partial charge in [0.25, 0.3) is 5.91 Å². The van der Waals surface area contributed by atoms with Crippen LogP contribution in [0.25, 0.3) is 0 Å². The minimum Gasteiger partial charge on any atom is -0.396 e. The van der Waals surface area contributed by atoms with Gasteiger partial charge in [-0.25, -0.2) is 0 Å². The lowest BCUT2D eigenvalue weighted by Gasteiger charge is -2.14. The molecule has 13 heavy (non-hydrogen) atoms. The van der Waals surface area contributed by atoms with E-state index in [2.05, 4.69) is 5.10 Å². The first-order chi connectivity index (χ1) is 6.07. The van der Waals surface area contributed by atoms with Crippen molar-refractivity contribution in [1.29, 1.82) is 0 Å². The highest BCUT2D eigenvalue weighted by molar-refractivity contribution is 5.97. The van der Waals surface area contributed by atoms with Gasteiger partial charge in [0.15, 0.2) is 0 Å². The zero-order valence-electron chi connectivity index (χ0n) is 8.11. The number of rotatable bonds is 2. The van der Waals surface area contributed by atoms with Crippen LogP contribution < -0.4 is 5.73 Å². The van der Waals surface area contributed by atoms with Crippen molar-refractivity contribution in [2.24, 2.45) is 7.05 Å². The molecule has 0 radical (unpaired) electrons. The summed E-state index contributed by atoms with van der Waals surface area (Å²) in [6.45, 7) is 2.56. The van der Waals surface area contributed by atoms with Crippen molar-refractivity contribution in [2.45, 2.75) is 6.92 Å². The molecule has 72 valence electrons. The third kappa shape index (κ3) is 1.63. The summed E-state index contributed by atoms with van der Waals surface area (Å²) in [7, 11) is 3.43. The van der Waals surface area contributed by atoms with Crippen molar-refractivity contribution < 1.29 is 4.79 Å². The molecular formula is C8H14N4O. The number of hydrogen-bond acceptors (Lipinski definition) is 3. The van der Waals surface area contributed by atoms with Gasteiger partial charge in [0.05, 0.1) is 11.9 Å². The van der Waals surface area contributed by atoms with E-state index >= 15 is 0 Å². The molecule has 1 amide bonds. The van der Waals surface area contributed by atoms with Crippen LogP contribution in [-0.2, 0) is 7.05 Å². The molecule has 1 aromatic heterocycles. The van der Waals surface area contributed by atoms with E-state index in [1.165, 1.54) is 10.9 Å². The van der Waals surface area contributed by atoms with Crippen LogP contribution in [0.1, 0.15) is 17.4 Å². The van der Waals surface area contributed by atoms with E-state index in [9.17, 15) is 4.79 Å². The topological polar surface area (TPSA) is 64.2 Å². The number of nitrogens with zero attached hydrogens (tertiary/aromatic N) is 3. The number of hydrogen-bond donors (Lipinski definition) is 1. The second-order valence-electron chi connectivity index (χ2n) is 2.89. The fraction of sp³-hybridized carbons (Fsp3) is 0.500. The molecule has 5 heteroatoms. The molecule has 5 nitrogen and oxygen atoms in total. The molecule has 0 bridgehead atoms. The van der Waals surface area contributed by atoms with Crippen LogP contribution >= 0.6 is 0 Å². The number of aromatic nitrogens is 2. The van der Waals surface area contributed by atoms with Crippen molar-refractivity contribution in [1.82, 2.24) is 14.7 Å². The molecule has 0 fully saturated rings. The minimum absolute atomic E-state index is 0.0972. The summed E-state index contributed by atoms with van der Waals surface area (Å²) >= 11 is 0. The Morgan fingerprint density at radius 2 is 2.38 bits per heavy atom. The second-order valence-corrected chi connectivity index (χ2v) is 2.89.